The van der Waals surface area contributed by atoms with Gasteiger partial charge in [0.15, 0.2) is 0 Å². The monoisotopic (exact) mass is 481 g/mol. The van der Waals surface area contributed by atoms with Gasteiger partial charge in [-0.3, -0.25) is 0 Å². The third-order valence-electron chi connectivity index (χ3n) is 5.50. The molecule has 188 valence electrons. The third-order valence-corrected chi connectivity index (χ3v) is 5.50. The first-order chi connectivity index (χ1) is 17.1. The largest absolute Gasteiger partial charge is 0.505 e. The molecule has 0 bridgehead atoms. The highest BCUT2D eigenvalue weighted by Crippen LogP contribution is 2.27. The first kappa shape index (κ1) is 26.1. The zero-order valence-electron chi connectivity index (χ0n) is 20.4. The van der Waals surface area contributed by atoms with Crippen molar-refractivity contribution >= 4 is 17.0 Å². The number of carbonyl (C=O) groups is 1. The number of rotatable bonds is 16. The van der Waals surface area contributed by atoms with E-state index in [1.807, 2.05) is 24.3 Å². The van der Waals surface area contributed by atoms with Crippen LogP contribution in [0.5, 0.6) is 17.2 Å². The summed E-state index contributed by atoms with van der Waals surface area (Å²) < 4.78 is 16.5. The number of esters is 1. The smallest absolute Gasteiger partial charge is 0.330 e. The molecule has 0 aliphatic heterocycles. The molecule has 8 nitrogen and oxygen atoms in total. The molecule has 3 rings (SSSR count). The van der Waals surface area contributed by atoms with Crippen LogP contribution in [0.25, 0.3) is 16.7 Å². The molecule has 0 fully saturated rings. The fraction of sp³-hybridized carbons (Fsp3) is 0.444. The Hall–Kier alpha value is -3.55. The first-order valence-corrected chi connectivity index (χ1v) is 12.4. The van der Waals surface area contributed by atoms with E-state index < -0.39 is 5.97 Å². The van der Waals surface area contributed by atoms with Crippen LogP contribution in [0.15, 0.2) is 49.1 Å². The van der Waals surface area contributed by atoms with Crippen molar-refractivity contribution in [3.63, 3.8) is 0 Å². The maximum atomic E-state index is 11.0. The van der Waals surface area contributed by atoms with Gasteiger partial charge in [-0.15, -0.1) is 15.0 Å². The molecule has 0 radical (unpaired) electrons. The minimum absolute atomic E-state index is 0.0550. The molecule has 0 amide bonds. The van der Waals surface area contributed by atoms with E-state index >= 15 is 0 Å². The summed E-state index contributed by atoms with van der Waals surface area (Å²) in [5.41, 5.74) is 1.83. The quantitative estimate of drug-likeness (QED) is 0.158. The molecule has 0 saturated carbocycles. The highest BCUT2D eigenvalue weighted by Gasteiger charge is 2.11. The Labute approximate surface area is 206 Å². The molecule has 8 heteroatoms. The molecule has 0 unspecified atom stereocenters. The van der Waals surface area contributed by atoms with Crippen molar-refractivity contribution in [1.29, 1.82) is 0 Å². The first-order valence-electron chi connectivity index (χ1n) is 12.4. The molecule has 0 saturated heterocycles. The van der Waals surface area contributed by atoms with Crippen LogP contribution in [0.1, 0.15) is 58.3 Å². The Morgan fingerprint density at radius 1 is 0.886 bits per heavy atom. The Morgan fingerprint density at radius 3 is 2.26 bits per heavy atom. The van der Waals surface area contributed by atoms with E-state index in [9.17, 15) is 9.90 Å². The van der Waals surface area contributed by atoms with Crippen molar-refractivity contribution < 1.29 is 24.1 Å². The number of hydrogen-bond donors (Lipinski definition) is 1. The predicted molar refractivity (Wildman–Crippen MR) is 135 cm³/mol. The van der Waals surface area contributed by atoms with Gasteiger partial charge in [0.05, 0.1) is 19.8 Å². The van der Waals surface area contributed by atoms with Gasteiger partial charge in [0.25, 0.3) is 0 Å². The summed E-state index contributed by atoms with van der Waals surface area (Å²) in [6.07, 6.45) is 9.81. The number of hydrogen-bond acceptors (Lipinski definition) is 7. The lowest BCUT2D eigenvalue weighted by atomic mass is 10.1. The molecule has 0 aliphatic rings. The van der Waals surface area contributed by atoms with Gasteiger partial charge in [-0.1, -0.05) is 45.6 Å². The zero-order chi connectivity index (χ0) is 24.9. The molecule has 1 N–H and O–H groups in total. The Balaban J connectivity index is 1.50. The number of phenolic OH excluding ortho intramolecular Hbond substituents is 1. The van der Waals surface area contributed by atoms with Crippen LogP contribution in [0.2, 0.25) is 0 Å². The minimum Gasteiger partial charge on any atom is -0.505 e. The van der Waals surface area contributed by atoms with Gasteiger partial charge < -0.3 is 19.3 Å². The molecule has 35 heavy (non-hydrogen) atoms. The average Bonchev–Trinajstić information content (AvgIpc) is 3.28. The second-order valence-corrected chi connectivity index (χ2v) is 8.33. The number of ether oxygens (including phenoxy) is 3. The van der Waals surface area contributed by atoms with Gasteiger partial charge in [0.2, 0.25) is 0 Å². The second kappa shape index (κ2) is 14.0. The van der Waals surface area contributed by atoms with E-state index in [4.69, 9.17) is 14.2 Å². The number of nitrogens with zero attached hydrogens (tertiary/aromatic N) is 3. The molecular weight excluding hydrogens is 446 g/mol. The molecular formula is C27H35N3O5. The number of phenols is 1. The number of aromatic nitrogens is 3. The van der Waals surface area contributed by atoms with E-state index in [1.54, 1.807) is 12.1 Å². The van der Waals surface area contributed by atoms with E-state index in [-0.39, 0.29) is 5.75 Å². The van der Waals surface area contributed by atoms with Gasteiger partial charge in [-0.25, -0.2) is 4.79 Å². The van der Waals surface area contributed by atoms with Crippen LogP contribution in [-0.4, -0.2) is 45.9 Å². The summed E-state index contributed by atoms with van der Waals surface area (Å²) in [5.74, 6) is 0.946. The van der Waals surface area contributed by atoms with Crippen molar-refractivity contribution in [3.8, 4) is 22.9 Å². The van der Waals surface area contributed by atoms with E-state index in [0.717, 1.165) is 25.3 Å². The average molecular weight is 482 g/mol. The van der Waals surface area contributed by atoms with Crippen molar-refractivity contribution in [2.24, 2.45) is 0 Å². The van der Waals surface area contributed by atoms with Gasteiger partial charge in [-0.05, 0) is 43.5 Å². The number of benzene rings is 2. The summed E-state index contributed by atoms with van der Waals surface area (Å²) >= 11 is 0. The molecule has 1 heterocycles. The number of aromatic hydroxyl groups is 1. The molecule has 0 spiro atoms. The lowest BCUT2D eigenvalue weighted by Gasteiger charge is -2.08. The van der Waals surface area contributed by atoms with Crippen LogP contribution in [0.4, 0.5) is 0 Å². The van der Waals surface area contributed by atoms with E-state index in [1.165, 1.54) is 30.5 Å². The zero-order valence-corrected chi connectivity index (χ0v) is 20.4. The number of carbonyl (C=O) groups excluding carboxylic acids is 1. The molecule has 0 atom stereocenters. The fourth-order valence-corrected chi connectivity index (χ4v) is 3.55. The lowest BCUT2D eigenvalue weighted by Crippen LogP contribution is -2.04. The predicted octanol–water partition coefficient (Wildman–Crippen LogP) is 5.75. The highest BCUT2D eigenvalue weighted by molar-refractivity contribution is 5.81. The van der Waals surface area contributed by atoms with Gasteiger partial charge >= 0.3 is 5.97 Å². The maximum absolute atomic E-state index is 11.0. The lowest BCUT2D eigenvalue weighted by molar-refractivity contribution is -0.137. The van der Waals surface area contributed by atoms with Crippen molar-refractivity contribution in [3.05, 3.63) is 49.1 Å². The normalized spacial score (nSPS) is 10.9. The summed E-state index contributed by atoms with van der Waals surface area (Å²) in [5, 5.41) is 19.5. The molecule has 2 aromatic carbocycles. The SMILES string of the molecule is C=CC(=O)OCCCCOc1ccc2nn(-c3ccc(OCCCCCCCC)cc3O)nc2c1. The van der Waals surface area contributed by atoms with Gasteiger partial charge in [0.1, 0.15) is 34.0 Å². The Bertz CT molecular complexity index is 1100. The van der Waals surface area contributed by atoms with Gasteiger partial charge in [-0.2, -0.15) is 0 Å². The minimum atomic E-state index is -0.416. The Morgan fingerprint density at radius 2 is 1.51 bits per heavy atom. The van der Waals surface area contributed by atoms with Gasteiger partial charge in [0, 0.05) is 18.2 Å². The summed E-state index contributed by atoms with van der Waals surface area (Å²) in [7, 11) is 0. The topological polar surface area (TPSA) is 95.7 Å². The van der Waals surface area contributed by atoms with Crippen LogP contribution in [-0.2, 0) is 9.53 Å². The van der Waals surface area contributed by atoms with Crippen LogP contribution in [0, 0.1) is 0 Å². The summed E-state index contributed by atoms with van der Waals surface area (Å²) in [6.45, 7) is 7.04. The summed E-state index contributed by atoms with van der Waals surface area (Å²) in [6, 6.07) is 10.6. The maximum Gasteiger partial charge on any atom is 0.330 e. The molecule has 0 aliphatic carbocycles. The van der Waals surface area contributed by atoms with Crippen LogP contribution < -0.4 is 9.47 Å². The van der Waals surface area contributed by atoms with Crippen molar-refractivity contribution in [2.75, 3.05) is 19.8 Å². The van der Waals surface area contributed by atoms with E-state index in [2.05, 4.69) is 23.7 Å². The van der Waals surface area contributed by atoms with Crippen molar-refractivity contribution in [1.82, 2.24) is 15.0 Å². The van der Waals surface area contributed by atoms with Crippen LogP contribution in [0.3, 0.4) is 0 Å². The summed E-state index contributed by atoms with van der Waals surface area (Å²) in [4.78, 5) is 12.4. The van der Waals surface area contributed by atoms with Crippen molar-refractivity contribution in [2.45, 2.75) is 58.3 Å². The highest BCUT2D eigenvalue weighted by atomic mass is 16.5. The Kier molecular flexibility index (Phi) is 10.4. The second-order valence-electron chi connectivity index (χ2n) is 8.33. The fourth-order valence-electron chi connectivity index (χ4n) is 3.55. The van der Waals surface area contributed by atoms with Crippen LogP contribution >= 0.6 is 0 Å². The third kappa shape index (κ3) is 8.31. The molecule has 1 aromatic heterocycles. The molecule has 3 aromatic rings. The number of fused-ring (bicyclic) bond motifs is 1. The standard InChI is InChI=1S/C27H35N3O5/c1-3-5-6-7-8-9-16-34-22-13-15-25(26(31)20-22)30-28-23-14-12-21(19-24(23)29-30)33-17-10-11-18-35-27(32)4-2/h4,12-15,19-20,31H,2-3,5-11,16-18H2,1H3. The number of unbranched alkanes of at least 4 members (excludes halogenated alkanes) is 6. The van der Waals surface area contributed by atoms with E-state index in [0.29, 0.717) is 54.5 Å².